The van der Waals surface area contributed by atoms with Crippen LogP contribution in [0.3, 0.4) is 0 Å². The molecule has 0 heterocycles. The summed E-state index contributed by atoms with van der Waals surface area (Å²) in [6.07, 6.45) is 3.57. The van der Waals surface area contributed by atoms with Gasteiger partial charge >= 0.3 is 0 Å². The van der Waals surface area contributed by atoms with E-state index in [-0.39, 0.29) is 5.41 Å². The molecule has 0 aromatic heterocycles. The highest BCUT2D eigenvalue weighted by Crippen LogP contribution is 2.21. The second-order valence-corrected chi connectivity index (χ2v) is 5.59. The van der Waals surface area contributed by atoms with Crippen molar-refractivity contribution in [3.63, 3.8) is 0 Å². The van der Waals surface area contributed by atoms with Gasteiger partial charge in [-0.3, -0.25) is 0 Å². The van der Waals surface area contributed by atoms with E-state index in [2.05, 4.69) is 43.1 Å². The highest BCUT2D eigenvalue weighted by atomic mass is 32.2. The van der Waals surface area contributed by atoms with Gasteiger partial charge in [-0.05, 0) is 22.8 Å². The van der Waals surface area contributed by atoms with Crippen molar-refractivity contribution in [2.75, 3.05) is 6.26 Å². The van der Waals surface area contributed by atoms with Gasteiger partial charge in [-0.1, -0.05) is 56.8 Å². The van der Waals surface area contributed by atoms with E-state index in [1.54, 1.807) is 6.21 Å². The third-order valence-corrected chi connectivity index (χ3v) is 2.85. The molecule has 1 rings (SSSR count). The molecule has 0 radical (unpaired) electrons. The van der Waals surface area contributed by atoms with Gasteiger partial charge in [0.15, 0.2) is 5.17 Å². The first-order chi connectivity index (χ1) is 7.93. The van der Waals surface area contributed by atoms with Crippen molar-refractivity contribution in [2.45, 2.75) is 26.2 Å². The Morgan fingerprint density at radius 2 is 1.82 bits per heavy atom. The molecule has 2 N–H and O–H groups in total. The minimum Gasteiger partial charge on any atom is -0.377 e. The van der Waals surface area contributed by atoms with Gasteiger partial charge in [0.2, 0.25) is 0 Å². The van der Waals surface area contributed by atoms with E-state index in [9.17, 15) is 0 Å². The molecule has 0 unspecified atom stereocenters. The summed E-state index contributed by atoms with van der Waals surface area (Å²) in [5.74, 6) is 0. The number of benzene rings is 1. The van der Waals surface area contributed by atoms with Gasteiger partial charge in [-0.15, -0.1) is 5.10 Å². The van der Waals surface area contributed by atoms with Gasteiger partial charge in [0.25, 0.3) is 0 Å². The Labute approximate surface area is 107 Å². The number of thioether (sulfide) groups is 1. The maximum Gasteiger partial charge on any atom is 0.180 e. The lowest BCUT2D eigenvalue weighted by molar-refractivity contribution is 0.590. The fraction of sp³-hybridized carbons (Fsp3) is 0.385. The number of rotatable bonds is 2. The van der Waals surface area contributed by atoms with Crippen molar-refractivity contribution >= 4 is 23.1 Å². The third-order valence-electron chi connectivity index (χ3n) is 2.35. The molecule has 1 aromatic rings. The lowest BCUT2D eigenvalue weighted by Gasteiger charge is -2.18. The molecule has 0 bridgehead atoms. The average Bonchev–Trinajstić information content (AvgIpc) is 2.28. The van der Waals surface area contributed by atoms with Crippen molar-refractivity contribution in [1.29, 1.82) is 0 Å². The second-order valence-electron chi connectivity index (χ2n) is 4.76. The Hall–Kier alpha value is -1.29. The van der Waals surface area contributed by atoms with Crippen LogP contribution in [0.2, 0.25) is 0 Å². The largest absolute Gasteiger partial charge is 0.377 e. The van der Waals surface area contributed by atoms with Gasteiger partial charge in [-0.2, -0.15) is 5.10 Å². The number of hydrogen-bond donors (Lipinski definition) is 1. The van der Waals surface area contributed by atoms with Crippen LogP contribution in [0.25, 0.3) is 0 Å². The summed E-state index contributed by atoms with van der Waals surface area (Å²) >= 11 is 1.38. The summed E-state index contributed by atoms with van der Waals surface area (Å²) in [4.78, 5) is 0. The topological polar surface area (TPSA) is 50.7 Å². The molecule has 17 heavy (non-hydrogen) atoms. The van der Waals surface area contributed by atoms with Crippen molar-refractivity contribution in [3.05, 3.63) is 35.4 Å². The summed E-state index contributed by atoms with van der Waals surface area (Å²) < 4.78 is 0. The number of hydrogen-bond acceptors (Lipinski definition) is 3. The first-order valence-corrected chi connectivity index (χ1v) is 6.67. The monoisotopic (exact) mass is 249 g/mol. The average molecular weight is 249 g/mol. The molecule has 0 aliphatic heterocycles. The zero-order valence-electron chi connectivity index (χ0n) is 10.8. The van der Waals surface area contributed by atoms with Gasteiger partial charge in [0.05, 0.1) is 6.21 Å². The predicted octanol–water partition coefficient (Wildman–Crippen LogP) is 3.00. The number of nitrogens with zero attached hydrogens (tertiary/aromatic N) is 2. The minimum atomic E-state index is 0.178. The Kier molecular flexibility index (Phi) is 4.75. The molecule has 0 saturated carbocycles. The van der Waals surface area contributed by atoms with Gasteiger partial charge in [-0.25, -0.2) is 0 Å². The molecular formula is C13H19N3S. The lowest BCUT2D eigenvalue weighted by atomic mass is 9.87. The van der Waals surface area contributed by atoms with Crippen molar-refractivity contribution < 1.29 is 0 Å². The van der Waals surface area contributed by atoms with Gasteiger partial charge in [0.1, 0.15) is 0 Å². The van der Waals surface area contributed by atoms with Crippen LogP contribution >= 0.6 is 11.8 Å². The van der Waals surface area contributed by atoms with Crippen LogP contribution in [-0.2, 0) is 5.41 Å². The molecule has 0 amide bonds. The van der Waals surface area contributed by atoms with Crippen molar-refractivity contribution in [1.82, 2.24) is 0 Å². The highest BCUT2D eigenvalue weighted by molar-refractivity contribution is 8.13. The number of amidine groups is 1. The maximum absolute atomic E-state index is 5.52. The van der Waals surface area contributed by atoms with E-state index < -0.39 is 0 Å². The molecule has 0 atom stereocenters. The third kappa shape index (κ3) is 4.61. The van der Waals surface area contributed by atoms with Crippen LogP contribution < -0.4 is 5.73 Å². The van der Waals surface area contributed by atoms with Crippen LogP contribution in [0.5, 0.6) is 0 Å². The fourth-order valence-corrected chi connectivity index (χ4v) is 1.39. The lowest BCUT2D eigenvalue weighted by Crippen LogP contribution is -2.10. The fourth-order valence-electron chi connectivity index (χ4n) is 1.26. The highest BCUT2D eigenvalue weighted by Gasteiger charge is 2.12. The SMILES string of the molecule is CS/C(N)=N/N=C\c1ccc(C(C)(C)C)cc1. The zero-order chi connectivity index (χ0) is 12.9. The van der Waals surface area contributed by atoms with E-state index in [1.165, 1.54) is 17.3 Å². The Morgan fingerprint density at radius 1 is 1.24 bits per heavy atom. The van der Waals surface area contributed by atoms with E-state index in [0.29, 0.717) is 5.17 Å². The summed E-state index contributed by atoms with van der Waals surface area (Å²) in [7, 11) is 0. The molecule has 0 saturated heterocycles. The summed E-state index contributed by atoms with van der Waals surface area (Å²) in [5.41, 5.74) is 8.03. The molecule has 3 nitrogen and oxygen atoms in total. The zero-order valence-corrected chi connectivity index (χ0v) is 11.6. The van der Waals surface area contributed by atoms with E-state index in [0.717, 1.165) is 5.56 Å². The first-order valence-electron chi connectivity index (χ1n) is 5.44. The summed E-state index contributed by atoms with van der Waals surface area (Å²) in [5, 5.41) is 8.22. The smallest absolute Gasteiger partial charge is 0.180 e. The molecular weight excluding hydrogens is 230 g/mol. The van der Waals surface area contributed by atoms with Crippen LogP contribution in [0, 0.1) is 0 Å². The van der Waals surface area contributed by atoms with E-state index >= 15 is 0 Å². The Balaban J connectivity index is 2.76. The molecule has 92 valence electrons. The second kappa shape index (κ2) is 5.87. The molecule has 0 spiro atoms. The summed E-state index contributed by atoms with van der Waals surface area (Å²) in [6, 6.07) is 8.30. The van der Waals surface area contributed by atoms with Gasteiger partial charge in [0, 0.05) is 0 Å². The molecule has 0 aliphatic carbocycles. The number of nitrogens with two attached hydrogens (primary N) is 1. The van der Waals surface area contributed by atoms with Crippen LogP contribution in [0.4, 0.5) is 0 Å². The quantitative estimate of drug-likeness (QED) is 0.497. The molecule has 4 heteroatoms. The van der Waals surface area contributed by atoms with Crippen LogP contribution in [-0.4, -0.2) is 17.6 Å². The molecule has 0 fully saturated rings. The Bertz CT molecular complexity index is 413. The van der Waals surface area contributed by atoms with Crippen LogP contribution in [0.15, 0.2) is 34.5 Å². The van der Waals surface area contributed by atoms with Crippen LogP contribution in [0.1, 0.15) is 31.9 Å². The molecule has 1 aromatic carbocycles. The van der Waals surface area contributed by atoms with Crippen molar-refractivity contribution in [3.8, 4) is 0 Å². The summed E-state index contributed by atoms with van der Waals surface area (Å²) in [6.45, 7) is 6.58. The first kappa shape index (κ1) is 13.8. The van der Waals surface area contributed by atoms with E-state index in [4.69, 9.17) is 5.73 Å². The predicted molar refractivity (Wildman–Crippen MR) is 77.9 cm³/mol. The normalized spacial score (nSPS) is 13.3. The minimum absolute atomic E-state index is 0.178. The maximum atomic E-state index is 5.52. The van der Waals surface area contributed by atoms with E-state index in [1.807, 2.05) is 18.4 Å². The van der Waals surface area contributed by atoms with Gasteiger partial charge < -0.3 is 5.73 Å². The molecule has 0 aliphatic rings. The standard InChI is InChI=1S/C13H19N3S/c1-13(2,3)11-7-5-10(6-8-11)9-15-16-12(14)17-4/h5-9H,1-4H3,(H2,14,16)/b15-9-. The Morgan fingerprint density at radius 3 is 2.29 bits per heavy atom. The van der Waals surface area contributed by atoms with Crippen molar-refractivity contribution in [2.24, 2.45) is 15.9 Å².